The van der Waals surface area contributed by atoms with Crippen molar-refractivity contribution in [1.29, 1.82) is 0 Å². The van der Waals surface area contributed by atoms with Gasteiger partial charge in [-0.3, -0.25) is 4.79 Å². The summed E-state index contributed by atoms with van der Waals surface area (Å²) in [6.07, 6.45) is 0.107. The van der Waals surface area contributed by atoms with Crippen molar-refractivity contribution >= 4 is 23.2 Å². The zero-order valence-corrected chi connectivity index (χ0v) is 15.6. The monoisotopic (exact) mass is 338 g/mol. The molecule has 0 unspecified atom stereocenters. The van der Waals surface area contributed by atoms with E-state index in [4.69, 9.17) is 4.74 Å². The number of nitrogens with zero attached hydrogens (tertiary/aromatic N) is 1. The minimum atomic E-state index is -0.129. The van der Waals surface area contributed by atoms with Crippen molar-refractivity contribution in [2.24, 2.45) is 4.99 Å². The number of aryl methyl sites for hydroxylation is 4. The predicted octanol–water partition coefficient (Wildman–Crippen LogP) is 5.02. The molecule has 0 aliphatic carbocycles. The standard InChI is InChI=1S/C21H26N2O2/c1-6-25-19(23-21-16(4)11-8-12-17(21)5)13-18(24)22-20-14(2)9-7-10-15(20)3/h7-12H,6,13H2,1-5H3,(H,22,24). The summed E-state index contributed by atoms with van der Waals surface area (Å²) in [6.45, 7) is 10.3. The molecule has 0 bridgehead atoms. The first-order valence-corrected chi connectivity index (χ1v) is 8.55. The maximum atomic E-state index is 12.5. The summed E-state index contributed by atoms with van der Waals surface area (Å²) in [5.74, 6) is 0.305. The van der Waals surface area contributed by atoms with Crippen molar-refractivity contribution in [3.8, 4) is 0 Å². The van der Waals surface area contributed by atoms with E-state index in [9.17, 15) is 4.79 Å². The van der Waals surface area contributed by atoms with E-state index in [1.54, 1.807) is 0 Å². The van der Waals surface area contributed by atoms with Crippen molar-refractivity contribution in [3.63, 3.8) is 0 Å². The molecule has 4 nitrogen and oxygen atoms in total. The molecule has 25 heavy (non-hydrogen) atoms. The molecule has 132 valence electrons. The number of carbonyl (C=O) groups is 1. The second-order valence-corrected chi connectivity index (χ2v) is 6.17. The van der Waals surface area contributed by atoms with Crippen molar-refractivity contribution in [3.05, 3.63) is 58.7 Å². The lowest BCUT2D eigenvalue weighted by atomic mass is 10.1. The smallest absolute Gasteiger partial charge is 0.233 e. The lowest BCUT2D eigenvalue weighted by molar-refractivity contribution is -0.115. The van der Waals surface area contributed by atoms with Gasteiger partial charge in [-0.2, -0.15) is 0 Å². The van der Waals surface area contributed by atoms with Crippen molar-refractivity contribution < 1.29 is 9.53 Å². The summed E-state index contributed by atoms with van der Waals surface area (Å²) in [6, 6.07) is 12.0. The first-order chi connectivity index (χ1) is 11.9. The molecule has 0 fully saturated rings. The summed E-state index contributed by atoms with van der Waals surface area (Å²) in [4.78, 5) is 17.1. The molecule has 0 atom stereocenters. The van der Waals surface area contributed by atoms with Crippen LogP contribution in [0.3, 0.4) is 0 Å². The van der Waals surface area contributed by atoms with Gasteiger partial charge >= 0.3 is 0 Å². The van der Waals surface area contributed by atoms with Crippen LogP contribution >= 0.6 is 0 Å². The third kappa shape index (κ3) is 4.92. The molecule has 0 aliphatic rings. The van der Waals surface area contributed by atoms with Gasteiger partial charge in [0.15, 0.2) is 5.90 Å². The third-order valence-corrected chi connectivity index (χ3v) is 4.04. The number of carbonyl (C=O) groups excluding carboxylic acids is 1. The minimum Gasteiger partial charge on any atom is -0.481 e. The van der Waals surface area contributed by atoms with Gasteiger partial charge in [-0.1, -0.05) is 36.4 Å². The van der Waals surface area contributed by atoms with E-state index in [2.05, 4.69) is 10.3 Å². The van der Waals surface area contributed by atoms with Gasteiger partial charge in [0.2, 0.25) is 5.91 Å². The minimum absolute atomic E-state index is 0.107. The molecule has 0 aliphatic heterocycles. The molecular weight excluding hydrogens is 312 g/mol. The number of hydrogen-bond donors (Lipinski definition) is 1. The van der Waals surface area contributed by atoms with Gasteiger partial charge in [0, 0.05) is 5.69 Å². The molecule has 2 aromatic rings. The molecule has 0 saturated carbocycles. The van der Waals surface area contributed by atoms with Gasteiger partial charge in [0.25, 0.3) is 0 Å². The van der Waals surface area contributed by atoms with Crippen LogP contribution in [0.15, 0.2) is 41.4 Å². The highest BCUT2D eigenvalue weighted by atomic mass is 16.5. The topological polar surface area (TPSA) is 50.7 Å². The average molecular weight is 338 g/mol. The van der Waals surface area contributed by atoms with Gasteiger partial charge < -0.3 is 10.1 Å². The Morgan fingerprint density at radius 3 is 2.00 bits per heavy atom. The lowest BCUT2D eigenvalue weighted by Gasteiger charge is -2.13. The maximum absolute atomic E-state index is 12.5. The third-order valence-electron chi connectivity index (χ3n) is 4.04. The quantitative estimate of drug-likeness (QED) is 0.615. The van der Waals surface area contributed by atoms with Crippen molar-refractivity contribution in [2.75, 3.05) is 11.9 Å². The van der Waals surface area contributed by atoms with Gasteiger partial charge in [0.1, 0.15) is 6.42 Å². The summed E-state index contributed by atoms with van der Waals surface area (Å²) >= 11 is 0. The largest absolute Gasteiger partial charge is 0.481 e. The average Bonchev–Trinajstić information content (AvgIpc) is 2.55. The molecule has 0 aromatic heterocycles. The molecule has 2 rings (SSSR count). The molecule has 0 spiro atoms. The Kier molecular flexibility index (Phi) is 6.34. The number of para-hydroxylation sites is 2. The number of amides is 1. The number of rotatable bonds is 5. The summed E-state index contributed by atoms with van der Waals surface area (Å²) in [5.41, 5.74) is 5.93. The zero-order chi connectivity index (χ0) is 18.4. The molecule has 1 amide bonds. The first kappa shape index (κ1) is 18.7. The second kappa shape index (κ2) is 8.47. The van der Waals surface area contributed by atoms with Crippen molar-refractivity contribution in [2.45, 2.75) is 41.0 Å². The van der Waals surface area contributed by atoms with E-state index in [0.717, 1.165) is 33.6 Å². The van der Waals surface area contributed by atoms with E-state index >= 15 is 0 Å². The van der Waals surface area contributed by atoms with Crippen LogP contribution in [0.5, 0.6) is 0 Å². The fourth-order valence-corrected chi connectivity index (χ4v) is 2.73. The number of anilines is 1. The summed E-state index contributed by atoms with van der Waals surface area (Å²) in [5, 5.41) is 2.98. The zero-order valence-electron chi connectivity index (χ0n) is 15.6. The number of ether oxygens (including phenoxy) is 1. The molecular formula is C21H26N2O2. The molecule has 0 radical (unpaired) electrons. The van der Waals surface area contributed by atoms with Gasteiger partial charge in [-0.25, -0.2) is 4.99 Å². The Hall–Kier alpha value is -2.62. The molecule has 2 aromatic carbocycles. The van der Waals surface area contributed by atoms with Crippen molar-refractivity contribution in [1.82, 2.24) is 0 Å². The highest BCUT2D eigenvalue weighted by molar-refractivity contribution is 6.05. The van der Waals surface area contributed by atoms with Gasteiger partial charge in [-0.15, -0.1) is 0 Å². The maximum Gasteiger partial charge on any atom is 0.233 e. The van der Waals surface area contributed by atoms with E-state index < -0.39 is 0 Å². The fourth-order valence-electron chi connectivity index (χ4n) is 2.73. The fraction of sp³-hybridized carbons (Fsp3) is 0.333. The predicted molar refractivity (Wildman–Crippen MR) is 104 cm³/mol. The van der Waals surface area contributed by atoms with E-state index in [1.807, 2.05) is 71.0 Å². The summed E-state index contributed by atoms with van der Waals surface area (Å²) < 4.78 is 5.61. The van der Waals surface area contributed by atoms with Gasteiger partial charge in [0.05, 0.1) is 12.3 Å². The molecule has 1 N–H and O–H groups in total. The first-order valence-electron chi connectivity index (χ1n) is 8.55. The van der Waals surface area contributed by atoms with E-state index in [0.29, 0.717) is 12.5 Å². The van der Waals surface area contributed by atoms with Crippen LogP contribution in [0.1, 0.15) is 35.6 Å². The lowest BCUT2D eigenvalue weighted by Crippen LogP contribution is -2.19. The van der Waals surface area contributed by atoms with Crippen LogP contribution < -0.4 is 5.32 Å². The second-order valence-electron chi connectivity index (χ2n) is 6.17. The van der Waals surface area contributed by atoms with Gasteiger partial charge in [-0.05, 0) is 56.9 Å². The van der Waals surface area contributed by atoms with Crippen LogP contribution in [-0.4, -0.2) is 18.4 Å². The van der Waals surface area contributed by atoms with Crippen LogP contribution in [0.4, 0.5) is 11.4 Å². The molecule has 4 heteroatoms. The van der Waals surface area contributed by atoms with Crippen LogP contribution in [0, 0.1) is 27.7 Å². The highest BCUT2D eigenvalue weighted by Crippen LogP contribution is 2.24. The summed E-state index contributed by atoms with van der Waals surface area (Å²) in [7, 11) is 0. The molecule has 0 heterocycles. The van der Waals surface area contributed by atoms with Crippen LogP contribution in [0.2, 0.25) is 0 Å². The highest BCUT2D eigenvalue weighted by Gasteiger charge is 2.13. The Morgan fingerprint density at radius 2 is 1.48 bits per heavy atom. The Morgan fingerprint density at radius 1 is 0.960 bits per heavy atom. The van der Waals surface area contributed by atoms with Crippen LogP contribution in [-0.2, 0) is 9.53 Å². The number of hydrogen-bond acceptors (Lipinski definition) is 3. The Balaban J connectivity index is 2.21. The van der Waals surface area contributed by atoms with Crippen LogP contribution in [0.25, 0.3) is 0 Å². The van der Waals surface area contributed by atoms with E-state index in [1.165, 1.54) is 0 Å². The normalized spacial score (nSPS) is 11.3. The SMILES string of the molecule is CCOC(CC(=O)Nc1c(C)cccc1C)=Nc1c(C)cccc1C. The Bertz CT molecular complexity index is 754. The number of benzene rings is 2. The van der Waals surface area contributed by atoms with E-state index in [-0.39, 0.29) is 12.3 Å². The Labute approximate surface area is 149 Å². The number of aliphatic imine (C=N–C) groups is 1. The number of nitrogens with one attached hydrogen (secondary N) is 1. The molecule has 0 saturated heterocycles.